The van der Waals surface area contributed by atoms with E-state index >= 15 is 0 Å². The predicted octanol–water partition coefficient (Wildman–Crippen LogP) is 1.09. The minimum Gasteiger partial charge on any atom is -0.373 e. The number of nitrogens with two attached hydrogens (primary N) is 1. The highest BCUT2D eigenvalue weighted by molar-refractivity contribution is 6.63. The van der Waals surface area contributed by atoms with E-state index in [4.69, 9.17) is 19.0 Å². The molecule has 2 N–H and O–H groups in total. The van der Waals surface area contributed by atoms with Crippen LogP contribution in [0.4, 0.5) is 0 Å². The molecule has 0 aromatic carbocycles. The molecule has 84 valence electrons. The minimum absolute atomic E-state index is 0.359. The van der Waals surface area contributed by atoms with Crippen molar-refractivity contribution in [2.24, 2.45) is 5.73 Å². The summed E-state index contributed by atoms with van der Waals surface area (Å²) in [6, 6.07) is 0. The van der Waals surface area contributed by atoms with Crippen LogP contribution in [0, 0.1) is 0 Å². The summed E-state index contributed by atoms with van der Waals surface area (Å²) in [6.07, 6.45) is 1.62. The third kappa shape index (κ3) is 3.51. The summed E-state index contributed by atoms with van der Waals surface area (Å²) in [6.45, 7) is 10.9. The lowest BCUT2D eigenvalue weighted by Gasteiger charge is -2.31. The fourth-order valence-corrected chi connectivity index (χ4v) is 3.48. The van der Waals surface area contributed by atoms with Gasteiger partial charge >= 0.3 is 8.80 Å². The topological polar surface area (TPSA) is 53.7 Å². The highest BCUT2D eigenvalue weighted by Gasteiger charge is 2.46. The Bertz CT molecular complexity index is 149. The monoisotopic (exact) mass is 219 g/mol. The molecule has 1 unspecified atom stereocenters. The summed E-state index contributed by atoms with van der Waals surface area (Å²) in [5.74, 6) is 0. The van der Waals surface area contributed by atoms with Crippen LogP contribution in [0.5, 0.6) is 0 Å². The van der Waals surface area contributed by atoms with E-state index in [0.717, 1.165) is 0 Å². The Morgan fingerprint density at radius 2 is 1.50 bits per heavy atom. The van der Waals surface area contributed by atoms with Gasteiger partial charge in [0.1, 0.15) is 0 Å². The first kappa shape index (κ1) is 13.8. The van der Waals surface area contributed by atoms with Gasteiger partial charge in [-0.3, -0.25) is 0 Å². The molecule has 4 nitrogen and oxygen atoms in total. The SMILES string of the molecule is C=CC(N)[Si](OCC)(OCC)OCC. The Balaban J connectivity index is 4.61. The molecule has 1 atom stereocenters. The Hall–Kier alpha value is -0.203. The van der Waals surface area contributed by atoms with Gasteiger partial charge in [0, 0.05) is 19.8 Å². The summed E-state index contributed by atoms with van der Waals surface area (Å²) in [7, 11) is -2.74. The zero-order valence-electron chi connectivity index (χ0n) is 9.29. The van der Waals surface area contributed by atoms with E-state index in [-0.39, 0.29) is 5.67 Å². The number of rotatable bonds is 8. The van der Waals surface area contributed by atoms with Crippen molar-refractivity contribution >= 4 is 8.80 Å². The lowest BCUT2D eigenvalue weighted by molar-refractivity contribution is 0.0665. The van der Waals surface area contributed by atoms with E-state index < -0.39 is 8.80 Å². The molecule has 0 aromatic rings. The van der Waals surface area contributed by atoms with E-state index in [0.29, 0.717) is 19.8 Å². The normalized spacial score (nSPS) is 14.0. The summed E-state index contributed by atoms with van der Waals surface area (Å²) in [5.41, 5.74) is 5.52. The van der Waals surface area contributed by atoms with Crippen molar-refractivity contribution in [2.45, 2.75) is 26.4 Å². The lowest BCUT2D eigenvalue weighted by Crippen LogP contribution is -2.59. The van der Waals surface area contributed by atoms with Crippen LogP contribution in [-0.2, 0) is 13.3 Å². The Kier molecular flexibility index (Phi) is 7.03. The van der Waals surface area contributed by atoms with Gasteiger partial charge in [0.2, 0.25) is 0 Å². The molecule has 0 aromatic heterocycles. The van der Waals surface area contributed by atoms with Crippen molar-refractivity contribution in [3.8, 4) is 0 Å². The molecule has 0 aliphatic rings. The molecule has 0 bridgehead atoms. The van der Waals surface area contributed by atoms with Gasteiger partial charge < -0.3 is 19.0 Å². The zero-order chi connectivity index (χ0) is 11.0. The first-order valence-corrected chi connectivity index (χ1v) is 6.77. The van der Waals surface area contributed by atoms with Crippen LogP contribution in [0.2, 0.25) is 0 Å². The van der Waals surface area contributed by atoms with Crippen LogP contribution in [0.1, 0.15) is 20.8 Å². The van der Waals surface area contributed by atoms with Gasteiger partial charge in [-0.2, -0.15) is 0 Å². The lowest BCUT2D eigenvalue weighted by atomic mass is 10.6. The highest BCUT2D eigenvalue weighted by Crippen LogP contribution is 2.14. The van der Waals surface area contributed by atoms with Gasteiger partial charge in [0.15, 0.2) is 0 Å². The van der Waals surface area contributed by atoms with E-state index in [9.17, 15) is 0 Å². The van der Waals surface area contributed by atoms with Gasteiger partial charge in [-0.1, -0.05) is 6.08 Å². The van der Waals surface area contributed by atoms with Crippen LogP contribution < -0.4 is 5.73 Å². The summed E-state index contributed by atoms with van der Waals surface area (Å²) in [4.78, 5) is 0. The van der Waals surface area contributed by atoms with Crippen molar-refractivity contribution in [2.75, 3.05) is 19.8 Å². The van der Waals surface area contributed by atoms with E-state index in [1.54, 1.807) is 6.08 Å². The van der Waals surface area contributed by atoms with Crippen molar-refractivity contribution in [1.82, 2.24) is 0 Å². The molecule has 0 fully saturated rings. The van der Waals surface area contributed by atoms with Gasteiger partial charge in [0.25, 0.3) is 0 Å². The second-order valence-corrected chi connectivity index (χ2v) is 5.40. The number of hydrogen-bond acceptors (Lipinski definition) is 4. The van der Waals surface area contributed by atoms with Crippen LogP contribution in [0.15, 0.2) is 12.7 Å². The highest BCUT2D eigenvalue weighted by atomic mass is 28.4. The molecule has 0 rings (SSSR count). The van der Waals surface area contributed by atoms with Crippen molar-refractivity contribution in [1.29, 1.82) is 0 Å². The average molecular weight is 219 g/mol. The largest absolute Gasteiger partial charge is 0.522 e. The summed E-state index contributed by atoms with van der Waals surface area (Å²) >= 11 is 0. The number of hydrogen-bond donors (Lipinski definition) is 1. The predicted molar refractivity (Wildman–Crippen MR) is 58.8 cm³/mol. The zero-order valence-corrected chi connectivity index (χ0v) is 10.3. The third-order valence-corrected chi connectivity index (χ3v) is 4.82. The average Bonchev–Trinajstić information content (AvgIpc) is 2.17. The van der Waals surface area contributed by atoms with Crippen molar-refractivity contribution in [3.63, 3.8) is 0 Å². The minimum atomic E-state index is -2.74. The first-order valence-electron chi connectivity index (χ1n) is 4.96. The van der Waals surface area contributed by atoms with Crippen molar-refractivity contribution < 1.29 is 13.3 Å². The second-order valence-electron chi connectivity index (χ2n) is 2.66. The van der Waals surface area contributed by atoms with Crippen LogP contribution in [0.3, 0.4) is 0 Å². The molecule has 0 aliphatic heterocycles. The quantitative estimate of drug-likeness (QED) is 0.490. The first-order chi connectivity index (χ1) is 6.66. The van der Waals surface area contributed by atoms with Crippen LogP contribution in [-0.4, -0.2) is 34.3 Å². The Labute approximate surface area is 87.4 Å². The van der Waals surface area contributed by atoms with Gasteiger partial charge in [0.05, 0.1) is 5.67 Å². The molecule has 5 heteroatoms. The molecule has 0 heterocycles. The Morgan fingerprint density at radius 1 is 1.14 bits per heavy atom. The molecule has 14 heavy (non-hydrogen) atoms. The molecule has 0 amide bonds. The van der Waals surface area contributed by atoms with E-state index in [1.165, 1.54) is 0 Å². The Morgan fingerprint density at radius 3 is 1.71 bits per heavy atom. The smallest absolute Gasteiger partial charge is 0.373 e. The fraction of sp³-hybridized carbons (Fsp3) is 0.778. The maximum Gasteiger partial charge on any atom is 0.522 e. The molecular formula is C9H21NO3Si. The molecule has 0 spiro atoms. The summed E-state index contributed by atoms with van der Waals surface area (Å²) in [5, 5.41) is 0. The second kappa shape index (κ2) is 7.14. The molecule has 0 aliphatic carbocycles. The molecular weight excluding hydrogens is 198 g/mol. The van der Waals surface area contributed by atoms with E-state index in [2.05, 4.69) is 6.58 Å². The maximum absolute atomic E-state index is 5.88. The third-order valence-electron chi connectivity index (χ3n) is 1.70. The fourth-order valence-electron chi connectivity index (χ4n) is 1.16. The van der Waals surface area contributed by atoms with Gasteiger partial charge in [-0.15, -0.1) is 6.58 Å². The molecule has 0 saturated heterocycles. The van der Waals surface area contributed by atoms with Crippen LogP contribution in [0.25, 0.3) is 0 Å². The maximum atomic E-state index is 5.88. The van der Waals surface area contributed by atoms with Gasteiger partial charge in [-0.25, -0.2) is 0 Å². The van der Waals surface area contributed by atoms with E-state index in [1.807, 2.05) is 20.8 Å². The van der Waals surface area contributed by atoms with Crippen molar-refractivity contribution in [3.05, 3.63) is 12.7 Å². The van der Waals surface area contributed by atoms with Gasteiger partial charge in [-0.05, 0) is 20.8 Å². The van der Waals surface area contributed by atoms with Crippen LogP contribution >= 0.6 is 0 Å². The standard InChI is InChI=1S/C9H21NO3Si/c1-5-9(10)14(11-6-2,12-7-3)13-8-4/h5,9H,1,6-8,10H2,2-4H3. The molecule has 0 saturated carbocycles. The summed E-state index contributed by atoms with van der Waals surface area (Å²) < 4.78 is 16.7. The molecule has 0 radical (unpaired) electrons.